The molecule has 1 aliphatic rings. The van der Waals surface area contributed by atoms with Gasteiger partial charge < -0.3 is 10.4 Å². The fourth-order valence-electron chi connectivity index (χ4n) is 2.70. The van der Waals surface area contributed by atoms with Crippen LogP contribution in [0.2, 0.25) is 0 Å². The van der Waals surface area contributed by atoms with Crippen molar-refractivity contribution in [3.05, 3.63) is 34.3 Å². The Hall–Kier alpha value is -0.380. The van der Waals surface area contributed by atoms with E-state index < -0.39 is 0 Å². The lowest BCUT2D eigenvalue weighted by Gasteiger charge is -2.30. The standard InChI is InChI=1S/C15H22BrNO/c1-2-15(11-4-3-5-12(16)10-11)17-13-6-8-14(18)9-7-13/h3-5,10,13-15,17-18H,2,6-9H2,1H3. The second-order valence-corrected chi connectivity index (χ2v) is 6.10. The molecule has 1 aliphatic carbocycles. The Balaban J connectivity index is 1.97. The van der Waals surface area contributed by atoms with Crippen LogP contribution < -0.4 is 5.32 Å². The van der Waals surface area contributed by atoms with Gasteiger partial charge in [0.1, 0.15) is 0 Å². The van der Waals surface area contributed by atoms with Crippen LogP contribution in [0, 0.1) is 0 Å². The topological polar surface area (TPSA) is 32.3 Å². The number of hydrogen-bond acceptors (Lipinski definition) is 2. The molecule has 1 aromatic carbocycles. The van der Waals surface area contributed by atoms with Gasteiger partial charge in [0.05, 0.1) is 6.10 Å². The average molecular weight is 312 g/mol. The molecule has 0 saturated heterocycles. The van der Waals surface area contributed by atoms with Crippen molar-refractivity contribution in [1.82, 2.24) is 5.32 Å². The zero-order valence-corrected chi connectivity index (χ0v) is 12.5. The van der Waals surface area contributed by atoms with E-state index in [4.69, 9.17) is 0 Å². The van der Waals surface area contributed by atoms with Crippen LogP contribution in [0.1, 0.15) is 50.6 Å². The van der Waals surface area contributed by atoms with E-state index in [0.717, 1.165) is 36.6 Å². The van der Waals surface area contributed by atoms with E-state index >= 15 is 0 Å². The van der Waals surface area contributed by atoms with E-state index in [1.165, 1.54) is 5.56 Å². The Morgan fingerprint density at radius 1 is 1.33 bits per heavy atom. The van der Waals surface area contributed by atoms with Gasteiger partial charge in [0, 0.05) is 16.6 Å². The van der Waals surface area contributed by atoms with Crippen molar-refractivity contribution in [3.8, 4) is 0 Å². The first kappa shape index (κ1) is 14.0. The first-order chi connectivity index (χ1) is 8.69. The van der Waals surface area contributed by atoms with Crippen molar-refractivity contribution in [2.45, 2.75) is 57.2 Å². The lowest BCUT2D eigenvalue weighted by Crippen LogP contribution is -2.36. The average Bonchev–Trinajstić information content (AvgIpc) is 2.38. The number of hydrogen-bond donors (Lipinski definition) is 2. The number of aliphatic hydroxyl groups is 1. The monoisotopic (exact) mass is 311 g/mol. The van der Waals surface area contributed by atoms with Crippen LogP contribution in [0.15, 0.2) is 28.7 Å². The summed E-state index contributed by atoms with van der Waals surface area (Å²) in [6.45, 7) is 2.22. The molecule has 18 heavy (non-hydrogen) atoms. The van der Waals surface area contributed by atoms with Gasteiger partial charge in [-0.3, -0.25) is 0 Å². The van der Waals surface area contributed by atoms with E-state index in [2.05, 4.69) is 52.4 Å². The predicted molar refractivity (Wildman–Crippen MR) is 78.6 cm³/mol. The van der Waals surface area contributed by atoms with Crippen molar-refractivity contribution >= 4 is 15.9 Å². The second-order valence-electron chi connectivity index (χ2n) is 5.19. The van der Waals surface area contributed by atoms with Gasteiger partial charge in [0.25, 0.3) is 0 Å². The van der Waals surface area contributed by atoms with Crippen LogP contribution in [0.3, 0.4) is 0 Å². The first-order valence-corrected chi connectivity index (χ1v) is 7.68. The van der Waals surface area contributed by atoms with E-state index in [9.17, 15) is 5.11 Å². The van der Waals surface area contributed by atoms with E-state index in [1.54, 1.807) is 0 Å². The number of nitrogens with one attached hydrogen (secondary N) is 1. The van der Waals surface area contributed by atoms with Crippen molar-refractivity contribution in [2.24, 2.45) is 0 Å². The largest absolute Gasteiger partial charge is 0.393 e. The summed E-state index contributed by atoms with van der Waals surface area (Å²) < 4.78 is 1.14. The SMILES string of the molecule is CCC(NC1CCC(O)CC1)c1cccc(Br)c1. The van der Waals surface area contributed by atoms with Crippen LogP contribution in [0.5, 0.6) is 0 Å². The Labute approximate surface area is 118 Å². The summed E-state index contributed by atoms with van der Waals surface area (Å²) >= 11 is 3.53. The normalized spacial score (nSPS) is 25.9. The summed E-state index contributed by atoms with van der Waals surface area (Å²) in [5.74, 6) is 0. The molecule has 1 aromatic rings. The minimum Gasteiger partial charge on any atom is -0.393 e. The summed E-state index contributed by atoms with van der Waals surface area (Å²) in [6.07, 6.45) is 5.07. The van der Waals surface area contributed by atoms with Gasteiger partial charge in [-0.2, -0.15) is 0 Å². The highest BCUT2D eigenvalue weighted by Crippen LogP contribution is 2.25. The molecule has 1 saturated carbocycles. The minimum absolute atomic E-state index is 0.0750. The molecule has 0 heterocycles. The molecule has 0 aliphatic heterocycles. The first-order valence-electron chi connectivity index (χ1n) is 6.88. The predicted octanol–water partition coefficient (Wildman–Crippen LogP) is 3.79. The third-order valence-electron chi connectivity index (χ3n) is 3.79. The molecule has 1 fully saturated rings. The van der Waals surface area contributed by atoms with E-state index in [1.807, 2.05) is 0 Å². The van der Waals surface area contributed by atoms with Crippen LogP contribution in [-0.4, -0.2) is 17.3 Å². The molecule has 2 N–H and O–H groups in total. The van der Waals surface area contributed by atoms with Gasteiger partial charge >= 0.3 is 0 Å². The Morgan fingerprint density at radius 3 is 2.67 bits per heavy atom. The smallest absolute Gasteiger partial charge is 0.0541 e. The van der Waals surface area contributed by atoms with Gasteiger partial charge in [-0.25, -0.2) is 0 Å². The number of halogens is 1. The van der Waals surface area contributed by atoms with Crippen molar-refractivity contribution in [2.75, 3.05) is 0 Å². The molecule has 0 aromatic heterocycles. The molecule has 100 valence electrons. The van der Waals surface area contributed by atoms with Crippen molar-refractivity contribution < 1.29 is 5.11 Å². The molecular formula is C15H22BrNO. The quantitative estimate of drug-likeness (QED) is 0.886. The highest BCUT2D eigenvalue weighted by atomic mass is 79.9. The maximum absolute atomic E-state index is 9.54. The highest BCUT2D eigenvalue weighted by molar-refractivity contribution is 9.10. The van der Waals surface area contributed by atoms with Crippen LogP contribution in [0.25, 0.3) is 0 Å². The van der Waals surface area contributed by atoms with Gasteiger partial charge in [0.15, 0.2) is 0 Å². The maximum atomic E-state index is 9.54. The lowest BCUT2D eigenvalue weighted by atomic mass is 9.91. The lowest BCUT2D eigenvalue weighted by molar-refractivity contribution is 0.114. The van der Waals surface area contributed by atoms with Gasteiger partial charge in [0.2, 0.25) is 0 Å². The molecule has 1 atom stereocenters. The molecule has 3 heteroatoms. The Morgan fingerprint density at radius 2 is 2.06 bits per heavy atom. The zero-order chi connectivity index (χ0) is 13.0. The van der Waals surface area contributed by atoms with Crippen LogP contribution in [-0.2, 0) is 0 Å². The second kappa shape index (κ2) is 6.69. The molecule has 0 bridgehead atoms. The van der Waals surface area contributed by atoms with E-state index in [-0.39, 0.29) is 6.10 Å². The highest BCUT2D eigenvalue weighted by Gasteiger charge is 2.21. The molecule has 0 spiro atoms. The molecule has 0 amide bonds. The summed E-state index contributed by atoms with van der Waals surface area (Å²) in [4.78, 5) is 0. The van der Waals surface area contributed by atoms with Crippen molar-refractivity contribution in [3.63, 3.8) is 0 Å². The third kappa shape index (κ3) is 3.81. The number of benzene rings is 1. The fraction of sp³-hybridized carbons (Fsp3) is 0.600. The molecule has 0 radical (unpaired) electrons. The summed E-state index contributed by atoms with van der Waals surface area (Å²) in [7, 11) is 0. The van der Waals surface area contributed by atoms with E-state index in [0.29, 0.717) is 12.1 Å². The minimum atomic E-state index is -0.0750. The summed E-state index contributed by atoms with van der Waals surface area (Å²) in [6, 6.07) is 9.50. The molecule has 2 nitrogen and oxygen atoms in total. The number of rotatable bonds is 4. The van der Waals surface area contributed by atoms with Crippen molar-refractivity contribution in [1.29, 1.82) is 0 Å². The molecular weight excluding hydrogens is 290 g/mol. The fourth-order valence-corrected chi connectivity index (χ4v) is 3.12. The zero-order valence-electron chi connectivity index (χ0n) is 10.9. The molecule has 1 unspecified atom stereocenters. The molecule has 2 rings (SSSR count). The van der Waals surface area contributed by atoms with Crippen LogP contribution in [0.4, 0.5) is 0 Å². The maximum Gasteiger partial charge on any atom is 0.0541 e. The Kier molecular flexibility index (Phi) is 5.22. The number of aliphatic hydroxyl groups excluding tert-OH is 1. The van der Waals surface area contributed by atoms with Crippen LogP contribution >= 0.6 is 15.9 Å². The third-order valence-corrected chi connectivity index (χ3v) is 4.29. The van der Waals surface area contributed by atoms with Gasteiger partial charge in [-0.05, 0) is 49.8 Å². The van der Waals surface area contributed by atoms with Gasteiger partial charge in [-0.15, -0.1) is 0 Å². The summed E-state index contributed by atoms with van der Waals surface area (Å²) in [5, 5.41) is 13.3. The Bertz CT molecular complexity index is 375. The van der Waals surface area contributed by atoms with Gasteiger partial charge in [-0.1, -0.05) is 35.0 Å². The summed E-state index contributed by atoms with van der Waals surface area (Å²) in [5.41, 5.74) is 1.35.